The van der Waals surface area contributed by atoms with Gasteiger partial charge in [0.15, 0.2) is 0 Å². The van der Waals surface area contributed by atoms with Crippen molar-refractivity contribution in [2.75, 3.05) is 0 Å². The average molecular weight is 231 g/mol. The van der Waals surface area contributed by atoms with Crippen LogP contribution < -0.4 is 5.73 Å². The van der Waals surface area contributed by atoms with Crippen LogP contribution in [0.1, 0.15) is 17.2 Å². The van der Waals surface area contributed by atoms with E-state index in [4.69, 9.17) is 5.73 Å². The fraction of sp³-hybridized carbons (Fsp3) is 0.0588. The topological polar surface area (TPSA) is 26.0 Å². The quantitative estimate of drug-likeness (QED) is 0.624. The van der Waals surface area contributed by atoms with Crippen molar-refractivity contribution in [2.45, 2.75) is 6.04 Å². The van der Waals surface area contributed by atoms with Crippen molar-refractivity contribution in [3.8, 4) is 11.1 Å². The zero-order valence-corrected chi connectivity index (χ0v) is 9.93. The fourth-order valence-corrected chi connectivity index (χ4v) is 3.03. The van der Waals surface area contributed by atoms with Gasteiger partial charge in [-0.05, 0) is 33.0 Å². The van der Waals surface area contributed by atoms with Crippen molar-refractivity contribution in [1.29, 1.82) is 0 Å². The smallest absolute Gasteiger partial charge is 0.0570 e. The van der Waals surface area contributed by atoms with Crippen LogP contribution in [0, 0.1) is 0 Å². The summed E-state index contributed by atoms with van der Waals surface area (Å²) in [5.74, 6) is 0. The Balaban J connectivity index is 2.15. The maximum atomic E-state index is 6.42. The Morgan fingerprint density at radius 3 is 2.44 bits per heavy atom. The van der Waals surface area contributed by atoms with E-state index >= 15 is 0 Å². The standard InChI is InChI=1S/C17H13N/c18-17-15-8-4-3-7-13(15)14-10-9-11-5-1-2-6-12(11)16(14)17/h1-10,17H,18H2. The van der Waals surface area contributed by atoms with Gasteiger partial charge >= 0.3 is 0 Å². The molecule has 0 fully saturated rings. The molecule has 3 aromatic carbocycles. The molecule has 2 N–H and O–H groups in total. The van der Waals surface area contributed by atoms with E-state index in [1.807, 2.05) is 0 Å². The van der Waals surface area contributed by atoms with Gasteiger partial charge in [0, 0.05) is 0 Å². The van der Waals surface area contributed by atoms with Gasteiger partial charge in [0.05, 0.1) is 6.04 Å². The molecule has 0 saturated heterocycles. The van der Waals surface area contributed by atoms with Gasteiger partial charge in [-0.2, -0.15) is 0 Å². The van der Waals surface area contributed by atoms with E-state index in [1.165, 1.54) is 33.0 Å². The molecule has 0 amide bonds. The highest BCUT2D eigenvalue weighted by atomic mass is 14.7. The Morgan fingerprint density at radius 1 is 0.722 bits per heavy atom. The third-order valence-corrected chi connectivity index (χ3v) is 3.87. The van der Waals surface area contributed by atoms with Crippen LogP contribution in [0.4, 0.5) is 0 Å². The van der Waals surface area contributed by atoms with Crippen LogP contribution in [0.5, 0.6) is 0 Å². The number of benzene rings is 3. The predicted octanol–water partition coefficient (Wildman–Crippen LogP) is 3.87. The molecule has 1 heteroatoms. The molecular formula is C17H13N. The molecule has 0 heterocycles. The van der Waals surface area contributed by atoms with Gasteiger partial charge in [-0.3, -0.25) is 0 Å². The molecule has 1 aliphatic carbocycles. The maximum Gasteiger partial charge on any atom is 0.0570 e. The Morgan fingerprint density at radius 2 is 1.50 bits per heavy atom. The van der Waals surface area contributed by atoms with Gasteiger partial charge in [-0.25, -0.2) is 0 Å². The summed E-state index contributed by atoms with van der Waals surface area (Å²) in [6.45, 7) is 0. The van der Waals surface area contributed by atoms with Crippen LogP contribution in [0.15, 0.2) is 60.7 Å². The summed E-state index contributed by atoms with van der Waals surface area (Å²) in [6.07, 6.45) is 0. The minimum atomic E-state index is 0.00213. The van der Waals surface area contributed by atoms with E-state index < -0.39 is 0 Å². The van der Waals surface area contributed by atoms with Crippen LogP contribution in [0.25, 0.3) is 21.9 Å². The lowest BCUT2D eigenvalue weighted by Gasteiger charge is -2.10. The summed E-state index contributed by atoms with van der Waals surface area (Å²) in [7, 11) is 0. The number of nitrogens with two attached hydrogens (primary N) is 1. The lowest BCUT2D eigenvalue weighted by atomic mass is 9.98. The molecule has 0 saturated carbocycles. The van der Waals surface area contributed by atoms with E-state index in [2.05, 4.69) is 60.7 Å². The predicted molar refractivity (Wildman–Crippen MR) is 75.4 cm³/mol. The van der Waals surface area contributed by atoms with E-state index in [-0.39, 0.29) is 6.04 Å². The zero-order chi connectivity index (χ0) is 12.1. The van der Waals surface area contributed by atoms with Crippen LogP contribution in [0.2, 0.25) is 0 Å². The molecule has 0 aliphatic heterocycles. The molecule has 3 aromatic rings. The van der Waals surface area contributed by atoms with Crippen molar-refractivity contribution in [2.24, 2.45) is 5.73 Å². The first-order valence-corrected chi connectivity index (χ1v) is 6.23. The summed E-state index contributed by atoms with van der Waals surface area (Å²) in [4.78, 5) is 0. The molecule has 0 aromatic heterocycles. The number of fused-ring (bicyclic) bond motifs is 5. The maximum absolute atomic E-state index is 6.42. The molecule has 1 aliphatic rings. The molecule has 1 nitrogen and oxygen atoms in total. The minimum Gasteiger partial charge on any atom is -0.320 e. The second-order valence-electron chi connectivity index (χ2n) is 4.81. The van der Waals surface area contributed by atoms with Crippen LogP contribution >= 0.6 is 0 Å². The van der Waals surface area contributed by atoms with Gasteiger partial charge in [0.2, 0.25) is 0 Å². The lowest BCUT2D eigenvalue weighted by molar-refractivity contribution is 0.910. The monoisotopic (exact) mass is 231 g/mol. The zero-order valence-electron chi connectivity index (χ0n) is 9.93. The summed E-state index contributed by atoms with van der Waals surface area (Å²) in [5.41, 5.74) is 11.5. The number of hydrogen-bond acceptors (Lipinski definition) is 1. The molecule has 1 atom stereocenters. The summed E-state index contributed by atoms with van der Waals surface area (Å²) >= 11 is 0. The highest BCUT2D eigenvalue weighted by molar-refractivity contribution is 5.96. The summed E-state index contributed by atoms with van der Waals surface area (Å²) in [5, 5.41) is 2.54. The first-order chi connectivity index (χ1) is 8.86. The van der Waals surface area contributed by atoms with Crippen molar-refractivity contribution in [3.63, 3.8) is 0 Å². The highest BCUT2D eigenvalue weighted by Gasteiger charge is 2.26. The Kier molecular flexibility index (Phi) is 1.88. The van der Waals surface area contributed by atoms with Gasteiger partial charge in [0.1, 0.15) is 0 Å². The summed E-state index contributed by atoms with van der Waals surface area (Å²) < 4.78 is 0. The first kappa shape index (κ1) is 9.86. The third kappa shape index (κ3) is 1.14. The molecular weight excluding hydrogens is 218 g/mol. The first-order valence-electron chi connectivity index (χ1n) is 6.23. The Bertz CT molecular complexity index is 758. The van der Waals surface area contributed by atoms with Crippen molar-refractivity contribution < 1.29 is 0 Å². The van der Waals surface area contributed by atoms with Crippen molar-refractivity contribution in [3.05, 3.63) is 71.8 Å². The van der Waals surface area contributed by atoms with E-state index in [1.54, 1.807) is 0 Å². The lowest BCUT2D eigenvalue weighted by Crippen LogP contribution is -2.08. The van der Waals surface area contributed by atoms with Crippen molar-refractivity contribution >= 4 is 10.8 Å². The van der Waals surface area contributed by atoms with Gasteiger partial charge < -0.3 is 5.73 Å². The third-order valence-electron chi connectivity index (χ3n) is 3.87. The molecule has 0 spiro atoms. The summed E-state index contributed by atoms with van der Waals surface area (Å²) in [6, 6.07) is 21.3. The normalized spacial score (nSPS) is 16.6. The van der Waals surface area contributed by atoms with Crippen LogP contribution in [-0.4, -0.2) is 0 Å². The molecule has 18 heavy (non-hydrogen) atoms. The van der Waals surface area contributed by atoms with E-state index in [0.29, 0.717) is 0 Å². The largest absolute Gasteiger partial charge is 0.320 e. The van der Waals surface area contributed by atoms with Crippen LogP contribution in [0.3, 0.4) is 0 Å². The molecule has 0 radical (unpaired) electrons. The van der Waals surface area contributed by atoms with Gasteiger partial charge in [-0.1, -0.05) is 60.7 Å². The SMILES string of the molecule is NC1c2ccccc2-c2ccc3ccccc3c21. The van der Waals surface area contributed by atoms with Crippen LogP contribution in [-0.2, 0) is 0 Å². The Hall–Kier alpha value is -2.12. The minimum absolute atomic E-state index is 0.00213. The molecule has 0 bridgehead atoms. The van der Waals surface area contributed by atoms with E-state index in [9.17, 15) is 0 Å². The average Bonchev–Trinajstić information content (AvgIpc) is 2.73. The van der Waals surface area contributed by atoms with Gasteiger partial charge in [-0.15, -0.1) is 0 Å². The van der Waals surface area contributed by atoms with Gasteiger partial charge in [0.25, 0.3) is 0 Å². The van der Waals surface area contributed by atoms with Crippen molar-refractivity contribution in [1.82, 2.24) is 0 Å². The molecule has 86 valence electrons. The molecule has 1 unspecified atom stereocenters. The highest BCUT2D eigenvalue weighted by Crippen LogP contribution is 2.45. The Labute approximate surface area is 106 Å². The number of rotatable bonds is 0. The second-order valence-corrected chi connectivity index (χ2v) is 4.81. The fourth-order valence-electron chi connectivity index (χ4n) is 3.03. The van der Waals surface area contributed by atoms with E-state index in [0.717, 1.165) is 0 Å². The number of hydrogen-bond donors (Lipinski definition) is 1. The second kappa shape index (κ2) is 3.44. The molecule has 4 rings (SSSR count).